The van der Waals surface area contributed by atoms with Crippen LogP contribution in [0.1, 0.15) is 45.4 Å². The third-order valence-corrected chi connectivity index (χ3v) is 2.82. The lowest BCUT2D eigenvalue weighted by Gasteiger charge is -2.07. The molecular formula is C12H23N. The third-order valence-electron chi connectivity index (χ3n) is 2.82. The molecule has 0 aromatic carbocycles. The van der Waals surface area contributed by atoms with Crippen molar-refractivity contribution in [1.29, 1.82) is 0 Å². The zero-order valence-corrected chi connectivity index (χ0v) is 8.89. The zero-order chi connectivity index (χ0) is 9.36. The fourth-order valence-corrected chi connectivity index (χ4v) is 1.99. The van der Waals surface area contributed by atoms with E-state index in [-0.39, 0.29) is 0 Å². The maximum Gasteiger partial charge on any atom is 0.0134 e. The van der Waals surface area contributed by atoms with Gasteiger partial charge in [-0.25, -0.2) is 0 Å². The van der Waals surface area contributed by atoms with E-state index in [1.807, 2.05) is 0 Å². The van der Waals surface area contributed by atoms with Gasteiger partial charge >= 0.3 is 0 Å². The largest absolute Gasteiger partial charge is 0.314 e. The third kappa shape index (κ3) is 5.09. The molecule has 1 N–H and O–H groups in total. The molecule has 1 nitrogen and oxygen atoms in total. The summed E-state index contributed by atoms with van der Waals surface area (Å²) in [6.45, 7) is 4.28. The Labute approximate surface area is 82.6 Å². The molecule has 0 aliphatic heterocycles. The Morgan fingerprint density at radius 1 is 1.15 bits per heavy atom. The quantitative estimate of drug-likeness (QED) is 0.399. The molecule has 0 bridgehead atoms. The highest BCUT2D eigenvalue weighted by Gasteiger charge is 2.07. The van der Waals surface area contributed by atoms with Gasteiger partial charge in [-0.15, -0.1) is 0 Å². The summed E-state index contributed by atoms with van der Waals surface area (Å²) in [6.07, 6.45) is 13.4. The van der Waals surface area contributed by atoms with Gasteiger partial charge < -0.3 is 5.32 Å². The first kappa shape index (κ1) is 10.8. The van der Waals surface area contributed by atoms with Gasteiger partial charge in [-0.3, -0.25) is 0 Å². The van der Waals surface area contributed by atoms with Crippen LogP contribution in [0.4, 0.5) is 0 Å². The van der Waals surface area contributed by atoms with Gasteiger partial charge in [-0.1, -0.05) is 44.8 Å². The van der Waals surface area contributed by atoms with Crippen LogP contribution in [0.15, 0.2) is 12.2 Å². The molecule has 0 saturated heterocycles. The molecule has 0 aromatic heterocycles. The minimum Gasteiger partial charge on any atom is -0.314 e. The highest BCUT2D eigenvalue weighted by molar-refractivity contribution is 4.90. The molecule has 1 heteroatoms. The topological polar surface area (TPSA) is 12.0 Å². The van der Waals surface area contributed by atoms with Crippen LogP contribution < -0.4 is 5.32 Å². The van der Waals surface area contributed by atoms with Gasteiger partial charge in [0.05, 0.1) is 0 Å². The van der Waals surface area contributed by atoms with E-state index in [1.165, 1.54) is 38.5 Å². The van der Waals surface area contributed by atoms with E-state index < -0.39 is 0 Å². The van der Waals surface area contributed by atoms with Crippen molar-refractivity contribution in [2.24, 2.45) is 5.92 Å². The summed E-state index contributed by atoms with van der Waals surface area (Å²) in [7, 11) is 0. The number of likely N-dealkylation sites (N-methyl/N-ethyl adjacent to an activating group) is 1. The van der Waals surface area contributed by atoms with E-state index in [0.717, 1.165) is 19.0 Å². The van der Waals surface area contributed by atoms with E-state index in [2.05, 4.69) is 24.4 Å². The zero-order valence-electron chi connectivity index (χ0n) is 8.89. The molecule has 76 valence electrons. The van der Waals surface area contributed by atoms with Crippen molar-refractivity contribution in [3.05, 3.63) is 12.2 Å². The van der Waals surface area contributed by atoms with Crippen molar-refractivity contribution >= 4 is 0 Å². The van der Waals surface area contributed by atoms with Crippen LogP contribution in [0, 0.1) is 5.92 Å². The average Bonchev–Trinajstić information content (AvgIpc) is 2.41. The molecule has 0 radical (unpaired) electrons. The first-order valence-corrected chi connectivity index (χ1v) is 5.81. The first-order chi connectivity index (χ1) is 6.43. The smallest absolute Gasteiger partial charge is 0.0134 e. The molecule has 0 amide bonds. The molecule has 0 aromatic rings. The van der Waals surface area contributed by atoms with Gasteiger partial charge in [0.25, 0.3) is 0 Å². The molecule has 1 aliphatic rings. The fraction of sp³-hybridized carbons (Fsp3) is 0.833. The van der Waals surface area contributed by atoms with Gasteiger partial charge in [0.15, 0.2) is 0 Å². The van der Waals surface area contributed by atoms with Crippen LogP contribution in [-0.2, 0) is 0 Å². The molecule has 1 rings (SSSR count). The van der Waals surface area contributed by atoms with Crippen LogP contribution in [0.2, 0.25) is 0 Å². The summed E-state index contributed by atoms with van der Waals surface area (Å²) in [4.78, 5) is 0. The van der Waals surface area contributed by atoms with Crippen molar-refractivity contribution in [1.82, 2.24) is 5.32 Å². The van der Waals surface area contributed by atoms with Crippen molar-refractivity contribution in [2.75, 3.05) is 13.1 Å². The summed E-state index contributed by atoms with van der Waals surface area (Å²) < 4.78 is 0. The van der Waals surface area contributed by atoms with Crippen LogP contribution >= 0.6 is 0 Å². The van der Waals surface area contributed by atoms with Gasteiger partial charge in [0.2, 0.25) is 0 Å². The fourth-order valence-electron chi connectivity index (χ4n) is 1.99. The molecule has 0 heterocycles. The summed E-state index contributed by atoms with van der Waals surface area (Å²) in [5, 5.41) is 3.32. The Morgan fingerprint density at radius 3 is 2.46 bits per heavy atom. The predicted octanol–water partition coefficient (Wildman–Crippen LogP) is 3.12. The maximum atomic E-state index is 3.32. The minimum atomic E-state index is 0.876. The van der Waals surface area contributed by atoms with E-state index >= 15 is 0 Å². The summed E-state index contributed by atoms with van der Waals surface area (Å²) in [6, 6.07) is 0. The van der Waals surface area contributed by atoms with Crippen molar-refractivity contribution in [3.63, 3.8) is 0 Å². The lowest BCUT2D eigenvalue weighted by molar-refractivity contribution is 0.557. The molecule has 0 spiro atoms. The van der Waals surface area contributed by atoms with Crippen LogP contribution in [-0.4, -0.2) is 13.1 Å². The Kier molecular flexibility index (Phi) is 5.92. The highest BCUT2D eigenvalue weighted by Crippen LogP contribution is 2.23. The van der Waals surface area contributed by atoms with E-state index in [9.17, 15) is 0 Å². The van der Waals surface area contributed by atoms with Gasteiger partial charge in [0.1, 0.15) is 0 Å². The highest BCUT2D eigenvalue weighted by atomic mass is 14.8. The second-order valence-electron chi connectivity index (χ2n) is 3.99. The number of rotatable bonds is 4. The Balaban J connectivity index is 2.13. The van der Waals surface area contributed by atoms with Crippen molar-refractivity contribution in [3.8, 4) is 0 Å². The van der Waals surface area contributed by atoms with Gasteiger partial charge in [-0.2, -0.15) is 0 Å². The lowest BCUT2D eigenvalue weighted by Crippen LogP contribution is -2.12. The second-order valence-corrected chi connectivity index (χ2v) is 3.99. The lowest BCUT2D eigenvalue weighted by atomic mass is 10.00. The molecular weight excluding hydrogens is 158 g/mol. The minimum absolute atomic E-state index is 0.876. The van der Waals surface area contributed by atoms with E-state index in [4.69, 9.17) is 0 Å². The molecule has 0 unspecified atom stereocenters. The summed E-state index contributed by atoms with van der Waals surface area (Å²) in [5.41, 5.74) is 0. The first-order valence-electron chi connectivity index (χ1n) is 5.81. The molecule has 13 heavy (non-hydrogen) atoms. The molecule has 1 saturated carbocycles. The predicted molar refractivity (Wildman–Crippen MR) is 58.9 cm³/mol. The number of allylic oxidation sites excluding steroid dienone is 1. The van der Waals surface area contributed by atoms with Gasteiger partial charge in [0, 0.05) is 6.54 Å². The second kappa shape index (κ2) is 7.14. The normalized spacial score (nSPS) is 20.7. The van der Waals surface area contributed by atoms with Crippen molar-refractivity contribution in [2.45, 2.75) is 45.4 Å². The van der Waals surface area contributed by atoms with E-state index in [1.54, 1.807) is 0 Å². The average molecular weight is 181 g/mol. The van der Waals surface area contributed by atoms with Crippen LogP contribution in [0.3, 0.4) is 0 Å². The van der Waals surface area contributed by atoms with Crippen molar-refractivity contribution < 1.29 is 0 Å². The Morgan fingerprint density at radius 2 is 1.85 bits per heavy atom. The molecule has 1 aliphatic carbocycles. The SMILES string of the molecule is CCNCC=CC1CCCCCC1. The number of hydrogen-bond donors (Lipinski definition) is 1. The van der Waals surface area contributed by atoms with E-state index in [0.29, 0.717) is 0 Å². The maximum absolute atomic E-state index is 3.32. The Bertz CT molecular complexity index is 132. The van der Waals surface area contributed by atoms with Crippen LogP contribution in [0.5, 0.6) is 0 Å². The summed E-state index contributed by atoms with van der Waals surface area (Å²) >= 11 is 0. The number of nitrogens with one attached hydrogen (secondary N) is 1. The Hall–Kier alpha value is -0.300. The van der Waals surface area contributed by atoms with Gasteiger partial charge in [-0.05, 0) is 25.3 Å². The van der Waals surface area contributed by atoms with Crippen LogP contribution in [0.25, 0.3) is 0 Å². The molecule has 0 atom stereocenters. The standard InChI is InChI=1S/C12H23N/c1-2-13-11-7-10-12-8-5-3-4-6-9-12/h7,10,12-13H,2-6,8-9,11H2,1H3. The monoisotopic (exact) mass is 181 g/mol. The molecule has 1 fully saturated rings. The number of hydrogen-bond acceptors (Lipinski definition) is 1. The summed E-state index contributed by atoms with van der Waals surface area (Å²) in [5.74, 6) is 0.876.